The topological polar surface area (TPSA) is 26.0 Å². The van der Waals surface area contributed by atoms with E-state index in [9.17, 15) is 0 Å². The van der Waals surface area contributed by atoms with Gasteiger partial charge in [0, 0.05) is 17.2 Å². The number of aryl methyl sites for hydroxylation is 1. The zero-order chi connectivity index (χ0) is 21.8. The average Bonchev–Trinajstić information content (AvgIpc) is 3.24. The number of para-hydroxylation sites is 1. The summed E-state index contributed by atoms with van der Waals surface area (Å²) in [5.74, 6) is 0. The Balaban J connectivity index is 0.000000164. The van der Waals surface area contributed by atoms with E-state index in [4.69, 9.17) is 4.42 Å². The van der Waals surface area contributed by atoms with Crippen LogP contribution in [0, 0.1) is 25.1 Å². The normalized spacial score (nSPS) is 10.3. The molecule has 6 rings (SSSR count). The van der Waals surface area contributed by atoms with Crippen molar-refractivity contribution >= 4 is 21.9 Å². The van der Waals surface area contributed by atoms with E-state index in [-0.39, 0.29) is 20.1 Å². The number of hydrogen-bond donors (Lipinski definition) is 0. The van der Waals surface area contributed by atoms with Gasteiger partial charge in [0.15, 0.2) is 0 Å². The molecule has 0 N–H and O–H groups in total. The van der Waals surface area contributed by atoms with Gasteiger partial charge in [-0.2, -0.15) is 36.4 Å². The molecule has 0 spiro atoms. The molecule has 3 heteroatoms. The number of nitrogens with zero attached hydrogens (tertiary/aromatic N) is 1. The molecular weight excluding hydrogens is 583 g/mol. The standard InChI is InChI=1S/C18H10O.C12H10N.Ir/c1-2-6-13(7-3-1)14-10-11-18-16(12-14)15-8-4-5-9-17(15)19-18;1-10-7-8-12(13-9-10)11-5-3-2-4-6-11;/h1-6,8-9,11-12H;2-5,7-9H,1H3;/q-2;-1;+3. The van der Waals surface area contributed by atoms with Crippen LogP contribution in [0.25, 0.3) is 44.3 Å². The van der Waals surface area contributed by atoms with Gasteiger partial charge in [-0.15, -0.1) is 48.0 Å². The molecule has 0 atom stereocenters. The SMILES string of the molecule is Cc1ccc(-c2[c-]cccc2)nc1.[Ir+3].[c-]1ccccc1-c1[c-]cc2oc3ccccc3c2c1. The number of fused-ring (bicyclic) bond motifs is 3. The van der Waals surface area contributed by atoms with Crippen molar-refractivity contribution < 1.29 is 24.5 Å². The van der Waals surface area contributed by atoms with Crippen LogP contribution in [0.15, 0.2) is 108 Å². The first-order valence-corrected chi connectivity index (χ1v) is 10.5. The molecule has 0 bridgehead atoms. The molecule has 2 heterocycles. The van der Waals surface area contributed by atoms with Crippen LogP contribution < -0.4 is 0 Å². The van der Waals surface area contributed by atoms with Crippen LogP contribution >= 0.6 is 0 Å². The van der Waals surface area contributed by atoms with Crippen molar-refractivity contribution in [3.63, 3.8) is 0 Å². The predicted molar refractivity (Wildman–Crippen MR) is 130 cm³/mol. The number of aromatic nitrogens is 1. The monoisotopic (exact) mass is 603 g/mol. The number of furan rings is 1. The minimum Gasteiger partial charge on any atom is -0.501 e. The summed E-state index contributed by atoms with van der Waals surface area (Å²) >= 11 is 0. The molecule has 160 valence electrons. The van der Waals surface area contributed by atoms with Gasteiger partial charge in [0.1, 0.15) is 5.58 Å². The smallest absolute Gasteiger partial charge is 0.501 e. The van der Waals surface area contributed by atoms with Crippen LogP contribution in [0.4, 0.5) is 0 Å². The van der Waals surface area contributed by atoms with Gasteiger partial charge < -0.3 is 9.40 Å². The second-order valence-electron chi connectivity index (χ2n) is 7.50. The molecule has 2 aromatic heterocycles. The summed E-state index contributed by atoms with van der Waals surface area (Å²) in [4.78, 5) is 4.32. The van der Waals surface area contributed by atoms with E-state index in [0.717, 1.165) is 44.3 Å². The summed E-state index contributed by atoms with van der Waals surface area (Å²) in [5, 5.41) is 2.27. The molecule has 0 aliphatic heterocycles. The summed E-state index contributed by atoms with van der Waals surface area (Å²) in [6, 6.07) is 41.6. The van der Waals surface area contributed by atoms with Crippen molar-refractivity contribution in [2.75, 3.05) is 0 Å². The number of benzene rings is 4. The van der Waals surface area contributed by atoms with Crippen LogP contribution in [0.5, 0.6) is 0 Å². The molecule has 0 radical (unpaired) electrons. The quantitative estimate of drug-likeness (QED) is 0.190. The third-order valence-corrected chi connectivity index (χ3v) is 5.21. The first kappa shape index (κ1) is 22.7. The zero-order valence-electron chi connectivity index (χ0n) is 18.0. The molecule has 0 aliphatic rings. The van der Waals surface area contributed by atoms with Gasteiger partial charge in [-0.05, 0) is 24.2 Å². The number of pyridine rings is 1. The Bertz CT molecular complexity index is 1460. The van der Waals surface area contributed by atoms with Crippen LogP contribution in [0.3, 0.4) is 0 Å². The van der Waals surface area contributed by atoms with Crippen molar-refractivity contribution in [3.8, 4) is 22.4 Å². The fourth-order valence-corrected chi connectivity index (χ4v) is 3.57. The Labute approximate surface area is 207 Å². The van der Waals surface area contributed by atoms with Gasteiger partial charge in [-0.25, -0.2) is 11.1 Å². The van der Waals surface area contributed by atoms with Gasteiger partial charge in [-0.3, -0.25) is 0 Å². The summed E-state index contributed by atoms with van der Waals surface area (Å²) in [5.41, 5.74) is 7.09. The van der Waals surface area contributed by atoms with E-state index in [0.29, 0.717) is 0 Å². The zero-order valence-corrected chi connectivity index (χ0v) is 20.4. The Morgan fingerprint density at radius 2 is 1.39 bits per heavy atom. The minimum atomic E-state index is 0. The summed E-state index contributed by atoms with van der Waals surface area (Å²) in [6.45, 7) is 2.03. The largest absolute Gasteiger partial charge is 3.00 e. The first-order valence-electron chi connectivity index (χ1n) is 10.5. The predicted octanol–water partition coefficient (Wildman–Crippen LogP) is 7.71. The molecule has 0 amide bonds. The molecule has 6 aromatic rings. The first-order chi connectivity index (χ1) is 15.8. The van der Waals surface area contributed by atoms with Crippen molar-refractivity contribution in [2.45, 2.75) is 6.92 Å². The van der Waals surface area contributed by atoms with E-state index >= 15 is 0 Å². The van der Waals surface area contributed by atoms with Gasteiger partial charge in [0.2, 0.25) is 0 Å². The maximum absolute atomic E-state index is 5.80. The maximum Gasteiger partial charge on any atom is 3.00 e. The van der Waals surface area contributed by atoms with Gasteiger partial charge >= 0.3 is 20.1 Å². The fourth-order valence-electron chi connectivity index (χ4n) is 3.57. The van der Waals surface area contributed by atoms with Crippen molar-refractivity contribution in [3.05, 3.63) is 127 Å². The van der Waals surface area contributed by atoms with Gasteiger partial charge in [-0.1, -0.05) is 35.7 Å². The fraction of sp³-hybridized carbons (Fsp3) is 0.0333. The van der Waals surface area contributed by atoms with Crippen molar-refractivity contribution in [1.29, 1.82) is 0 Å². The minimum absolute atomic E-state index is 0. The number of hydrogen-bond acceptors (Lipinski definition) is 2. The Morgan fingerprint density at radius 3 is 2.09 bits per heavy atom. The van der Waals surface area contributed by atoms with E-state index in [1.54, 1.807) is 0 Å². The molecule has 0 saturated heterocycles. The van der Waals surface area contributed by atoms with E-state index < -0.39 is 0 Å². The molecule has 0 saturated carbocycles. The Kier molecular flexibility index (Phi) is 7.14. The second kappa shape index (κ2) is 10.4. The van der Waals surface area contributed by atoms with Crippen LogP contribution in [0.2, 0.25) is 0 Å². The summed E-state index contributed by atoms with van der Waals surface area (Å²) in [6.07, 6.45) is 1.87. The maximum atomic E-state index is 5.80. The molecule has 33 heavy (non-hydrogen) atoms. The van der Waals surface area contributed by atoms with E-state index in [2.05, 4.69) is 41.4 Å². The Morgan fingerprint density at radius 1 is 0.667 bits per heavy atom. The third-order valence-electron chi connectivity index (χ3n) is 5.21. The molecule has 2 nitrogen and oxygen atoms in total. The molecule has 0 unspecified atom stereocenters. The van der Waals surface area contributed by atoms with Gasteiger partial charge in [0.05, 0.1) is 0 Å². The molecule has 4 aromatic carbocycles. The molecule has 0 fully saturated rings. The van der Waals surface area contributed by atoms with Crippen LogP contribution in [0.1, 0.15) is 5.56 Å². The second-order valence-corrected chi connectivity index (χ2v) is 7.50. The third kappa shape index (κ3) is 5.12. The van der Waals surface area contributed by atoms with Gasteiger partial charge in [0.25, 0.3) is 0 Å². The van der Waals surface area contributed by atoms with Crippen LogP contribution in [-0.4, -0.2) is 4.98 Å². The summed E-state index contributed by atoms with van der Waals surface area (Å²) < 4.78 is 5.80. The van der Waals surface area contributed by atoms with E-state index in [1.165, 1.54) is 5.56 Å². The van der Waals surface area contributed by atoms with Crippen molar-refractivity contribution in [2.24, 2.45) is 0 Å². The molecule has 0 aliphatic carbocycles. The summed E-state index contributed by atoms with van der Waals surface area (Å²) in [7, 11) is 0. The number of rotatable bonds is 2. The average molecular weight is 603 g/mol. The van der Waals surface area contributed by atoms with Crippen LogP contribution in [-0.2, 0) is 20.1 Å². The Hall–Kier alpha value is -3.52. The molecular formula is C30H20IrNO. The van der Waals surface area contributed by atoms with Crippen molar-refractivity contribution in [1.82, 2.24) is 4.98 Å². The van der Waals surface area contributed by atoms with E-state index in [1.807, 2.05) is 92.0 Å².